The van der Waals surface area contributed by atoms with Gasteiger partial charge in [0.05, 0.1) is 15.7 Å². The quantitative estimate of drug-likeness (QED) is 0.832. The molecule has 21 heavy (non-hydrogen) atoms. The maximum Gasteiger partial charge on any atom is 0.251 e. The van der Waals surface area contributed by atoms with Crippen molar-refractivity contribution in [2.45, 2.75) is 12.8 Å². The molecule has 2 rings (SSSR count). The van der Waals surface area contributed by atoms with Crippen molar-refractivity contribution in [1.82, 2.24) is 5.32 Å². The first-order chi connectivity index (χ1) is 9.99. The molecule has 5 heteroatoms. The first-order valence-electron chi connectivity index (χ1n) is 6.56. The maximum atomic E-state index is 12.1. The third-order valence-electron chi connectivity index (χ3n) is 3.28. The number of nitrogens with one attached hydrogen (secondary N) is 1. The number of nitrogens with two attached hydrogens (primary N) is 1. The van der Waals surface area contributed by atoms with Crippen LogP contribution in [0.25, 0.3) is 0 Å². The van der Waals surface area contributed by atoms with Crippen molar-refractivity contribution < 1.29 is 4.79 Å². The standard InChI is InChI=1S/C16H16Cl2N2O/c1-10(11-5-3-2-4-6-11)9-20-16(21)12-7-13(17)15(19)14(18)8-12/h2-8,10H,9,19H2,1H3,(H,20,21). The highest BCUT2D eigenvalue weighted by atomic mass is 35.5. The van der Waals surface area contributed by atoms with E-state index in [0.717, 1.165) is 0 Å². The molecule has 0 heterocycles. The molecule has 0 aliphatic rings. The van der Waals surface area contributed by atoms with Gasteiger partial charge in [-0.3, -0.25) is 4.79 Å². The minimum absolute atomic E-state index is 0.217. The van der Waals surface area contributed by atoms with Crippen LogP contribution >= 0.6 is 23.2 Å². The van der Waals surface area contributed by atoms with Gasteiger partial charge in [-0.2, -0.15) is 0 Å². The highest BCUT2D eigenvalue weighted by Gasteiger charge is 2.12. The van der Waals surface area contributed by atoms with Crippen LogP contribution in [0.1, 0.15) is 28.8 Å². The summed E-state index contributed by atoms with van der Waals surface area (Å²) in [6, 6.07) is 13.0. The molecule has 1 atom stereocenters. The van der Waals surface area contributed by atoms with Crippen molar-refractivity contribution in [3.05, 3.63) is 63.6 Å². The summed E-state index contributed by atoms with van der Waals surface area (Å²) in [5.74, 6) is -0.00328. The van der Waals surface area contributed by atoms with Gasteiger partial charge in [0, 0.05) is 12.1 Å². The van der Waals surface area contributed by atoms with Crippen LogP contribution in [0.4, 0.5) is 5.69 Å². The fourth-order valence-electron chi connectivity index (χ4n) is 1.96. The summed E-state index contributed by atoms with van der Waals surface area (Å²) >= 11 is 11.9. The number of nitrogen functional groups attached to an aromatic ring is 1. The smallest absolute Gasteiger partial charge is 0.251 e. The van der Waals surface area contributed by atoms with E-state index in [0.29, 0.717) is 12.1 Å². The Morgan fingerprint density at radius 1 is 1.19 bits per heavy atom. The van der Waals surface area contributed by atoms with Gasteiger partial charge in [0.2, 0.25) is 0 Å². The molecule has 1 unspecified atom stereocenters. The van der Waals surface area contributed by atoms with E-state index in [2.05, 4.69) is 12.2 Å². The summed E-state index contributed by atoms with van der Waals surface area (Å²) in [6.45, 7) is 2.58. The fourth-order valence-corrected chi connectivity index (χ4v) is 2.45. The number of benzene rings is 2. The molecule has 0 saturated heterocycles. The fraction of sp³-hybridized carbons (Fsp3) is 0.188. The molecule has 0 spiro atoms. The van der Waals surface area contributed by atoms with Gasteiger partial charge < -0.3 is 11.1 Å². The largest absolute Gasteiger partial charge is 0.396 e. The van der Waals surface area contributed by atoms with Crippen LogP contribution < -0.4 is 11.1 Å². The zero-order chi connectivity index (χ0) is 15.4. The number of hydrogen-bond acceptors (Lipinski definition) is 2. The zero-order valence-corrected chi connectivity index (χ0v) is 13.1. The van der Waals surface area contributed by atoms with Gasteiger partial charge in [-0.05, 0) is 23.6 Å². The molecule has 0 radical (unpaired) electrons. The van der Waals surface area contributed by atoms with E-state index in [1.807, 2.05) is 30.3 Å². The summed E-state index contributed by atoms with van der Waals surface area (Å²) in [4.78, 5) is 12.1. The zero-order valence-electron chi connectivity index (χ0n) is 11.6. The Hall–Kier alpha value is -1.71. The molecule has 2 aromatic carbocycles. The van der Waals surface area contributed by atoms with Crippen LogP contribution in [-0.2, 0) is 0 Å². The molecule has 1 amide bonds. The Kier molecular flexibility index (Phi) is 5.10. The molecule has 0 aliphatic carbocycles. The van der Waals surface area contributed by atoms with Crippen LogP contribution in [0.5, 0.6) is 0 Å². The summed E-state index contributed by atoms with van der Waals surface area (Å²) in [5, 5.41) is 3.44. The van der Waals surface area contributed by atoms with Crippen molar-refractivity contribution in [2.75, 3.05) is 12.3 Å². The molecule has 0 bridgehead atoms. The summed E-state index contributed by atoms with van der Waals surface area (Å²) in [7, 11) is 0. The van der Waals surface area contributed by atoms with Crippen LogP contribution in [-0.4, -0.2) is 12.5 Å². The lowest BCUT2D eigenvalue weighted by Crippen LogP contribution is -2.27. The molecular formula is C16H16Cl2N2O. The second kappa shape index (κ2) is 6.83. The van der Waals surface area contributed by atoms with Gasteiger partial charge in [0.15, 0.2) is 0 Å². The Bertz CT molecular complexity index is 621. The predicted molar refractivity (Wildman–Crippen MR) is 88.1 cm³/mol. The van der Waals surface area contributed by atoms with Gasteiger partial charge in [0.1, 0.15) is 0 Å². The summed E-state index contributed by atoms with van der Waals surface area (Å²) < 4.78 is 0. The second-order valence-corrected chi connectivity index (χ2v) is 5.69. The average Bonchev–Trinajstić information content (AvgIpc) is 2.50. The molecule has 0 aliphatic heterocycles. The first-order valence-corrected chi connectivity index (χ1v) is 7.32. The van der Waals surface area contributed by atoms with Crippen LogP contribution in [0.3, 0.4) is 0 Å². The SMILES string of the molecule is CC(CNC(=O)c1cc(Cl)c(N)c(Cl)c1)c1ccccc1. The Labute approximate surface area is 134 Å². The van der Waals surface area contributed by atoms with Crippen molar-refractivity contribution in [3.63, 3.8) is 0 Å². The molecule has 110 valence electrons. The van der Waals surface area contributed by atoms with Gasteiger partial charge in [-0.15, -0.1) is 0 Å². The maximum absolute atomic E-state index is 12.1. The molecule has 0 saturated carbocycles. The molecule has 2 aromatic rings. The highest BCUT2D eigenvalue weighted by Crippen LogP contribution is 2.28. The third kappa shape index (κ3) is 3.90. The number of anilines is 1. The van der Waals surface area contributed by atoms with Crippen LogP contribution in [0.2, 0.25) is 10.0 Å². The number of carbonyl (C=O) groups excluding carboxylic acids is 1. The lowest BCUT2D eigenvalue weighted by atomic mass is 10.0. The summed E-state index contributed by atoms with van der Waals surface area (Å²) in [6.07, 6.45) is 0. The molecule has 3 nitrogen and oxygen atoms in total. The van der Waals surface area contributed by atoms with E-state index in [1.54, 1.807) is 0 Å². The van der Waals surface area contributed by atoms with Gasteiger partial charge >= 0.3 is 0 Å². The van der Waals surface area contributed by atoms with E-state index in [1.165, 1.54) is 17.7 Å². The number of carbonyl (C=O) groups is 1. The van der Waals surface area contributed by atoms with Gasteiger partial charge in [-0.25, -0.2) is 0 Å². The van der Waals surface area contributed by atoms with Crippen LogP contribution in [0, 0.1) is 0 Å². The second-order valence-electron chi connectivity index (χ2n) is 4.88. The Morgan fingerprint density at radius 2 is 1.76 bits per heavy atom. The average molecular weight is 323 g/mol. The van der Waals surface area contributed by atoms with E-state index >= 15 is 0 Å². The van der Waals surface area contributed by atoms with E-state index in [9.17, 15) is 4.79 Å². The normalized spacial score (nSPS) is 12.0. The highest BCUT2D eigenvalue weighted by molar-refractivity contribution is 6.39. The van der Waals surface area contributed by atoms with E-state index < -0.39 is 0 Å². The number of halogens is 2. The lowest BCUT2D eigenvalue weighted by Gasteiger charge is -2.13. The Morgan fingerprint density at radius 3 is 2.33 bits per heavy atom. The first kappa shape index (κ1) is 15.7. The van der Waals surface area contributed by atoms with Gasteiger partial charge in [0.25, 0.3) is 5.91 Å². The molecule has 0 fully saturated rings. The number of amides is 1. The summed E-state index contributed by atoms with van der Waals surface area (Å²) in [5.41, 5.74) is 7.51. The topological polar surface area (TPSA) is 55.1 Å². The molecular weight excluding hydrogens is 307 g/mol. The molecule has 0 aromatic heterocycles. The van der Waals surface area contributed by atoms with Crippen molar-refractivity contribution in [3.8, 4) is 0 Å². The van der Waals surface area contributed by atoms with Crippen molar-refractivity contribution >= 4 is 34.8 Å². The number of rotatable bonds is 4. The van der Waals surface area contributed by atoms with Crippen molar-refractivity contribution in [1.29, 1.82) is 0 Å². The van der Waals surface area contributed by atoms with E-state index in [-0.39, 0.29) is 27.6 Å². The van der Waals surface area contributed by atoms with Gasteiger partial charge in [-0.1, -0.05) is 60.5 Å². The van der Waals surface area contributed by atoms with Crippen LogP contribution in [0.15, 0.2) is 42.5 Å². The van der Waals surface area contributed by atoms with Crippen molar-refractivity contribution in [2.24, 2.45) is 0 Å². The predicted octanol–water partition coefficient (Wildman–Crippen LogP) is 4.11. The minimum Gasteiger partial charge on any atom is -0.396 e. The minimum atomic E-state index is -0.221. The monoisotopic (exact) mass is 322 g/mol. The Balaban J connectivity index is 2.02. The number of hydrogen-bond donors (Lipinski definition) is 2. The lowest BCUT2D eigenvalue weighted by molar-refractivity contribution is 0.0951. The van der Waals surface area contributed by atoms with E-state index in [4.69, 9.17) is 28.9 Å². The molecule has 3 N–H and O–H groups in total. The third-order valence-corrected chi connectivity index (χ3v) is 3.90.